The van der Waals surface area contributed by atoms with Crippen LogP contribution in [-0.4, -0.2) is 33.3 Å². The van der Waals surface area contributed by atoms with Crippen LogP contribution in [0.2, 0.25) is 0 Å². The average Bonchev–Trinajstić information content (AvgIpc) is 3.51. The molecule has 37 heavy (non-hydrogen) atoms. The lowest BCUT2D eigenvalue weighted by Crippen LogP contribution is -2.25. The van der Waals surface area contributed by atoms with Gasteiger partial charge in [-0.3, -0.25) is 14.9 Å². The number of aromatic amines is 1. The smallest absolute Gasteiger partial charge is 0.294 e. The first kappa shape index (κ1) is 22.4. The number of nitro groups is 1. The second kappa shape index (κ2) is 9.21. The van der Waals surface area contributed by atoms with Gasteiger partial charge in [-0.2, -0.15) is 5.10 Å². The molecule has 11 heteroatoms. The van der Waals surface area contributed by atoms with Gasteiger partial charge in [0, 0.05) is 39.7 Å². The minimum atomic E-state index is -0.459. The number of aromatic nitrogens is 2. The number of ether oxygens (including phenoxy) is 1. The zero-order valence-corrected chi connectivity index (χ0v) is 19.9. The molecule has 1 aliphatic heterocycles. The number of anilines is 1. The first-order valence-corrected chi connectivity index (χ1v) is 12.1. The molecule has 0 atom stereocenters. The number of nitro benzene ring substituents is 1. The second-order valence-electron chi connectivity index (χ2n) is 8.15. The number of thiazole rings is 1. The fourth-order valence-electron chi connectivity index (χ4n) is 4.07. The van der Waals surface area contributed by atoms with E-state index < -0.39 is 4.92 Å². The molecular formula is C26H18N6O4S. The van der Waals surface area contributed by atoms with Gasteiger partial charge in [0.25, 0.3) is 11.6 Å². The van der Waals surface area contributed by atoms with Gasteiger partial charge in [0.1, 0.15) is 11.4 Å². The highest BCUT2D eigenvalue weighted by Crippen LogP contribution is 2.33. The molecule has 1 aliphatic rings. The van der Waals surface area contributed by atoms with Crippen LogP contribution in [0.1, 0.15) is 5.56 Å². The molecule has 3 aromatic carbocycles. The number of para-hydroxylation sites is 3. The molecule has 0 spiro atoms. The van der Waals surface area contributed by atoms with Crippen molar-refractivity contribution >= 4 is 51.4 Å². The molecule has 0 bridgehead atoms. The summed E-state index contributed by atoms with van der Waals surface area (Å²) in [6.45, 7) is -0.0292. The number of nitrogens with one attached hydrogen (secondary N) is 2. The van der Waals surface area contributed by atoms with Gasteiger partial charge >= 0.3 is 0 Å². The van der Waals surface area contributed by atoms with Crippen LogP contribution >= 0.6 is 11.3 Å². The fourth-order valence-corrected chi connectivity index (χ4v) is 4.92. The van der Waals surface area contributed by atoms with Crippen LogP contribution in [0.15, 0.2) is 88.4 Å². The van der Waals surface area contributed by atoms with Crippen molar-refractivity contribution in [2.75, 3.05) is 11.9 Å². The van der Waals surface area contributed by atoms with Crippen molar-refractivity contribution in [3.8, 4) is 17.0 Å². The number of amides is 1. The van der Waals surface area contributed by atoms with Crippen LogP contribution < -0.4 is 14.9 Å². The van der Waals surface area contributed by atoms with E-state index in [1.165, 1.54) is 17.4 Å². The lowest BCUT2D eigenvalue weighted by atomic mass is 10.1. The largest absolute Gasteiger partial charge is 0.482 e. The van der Waals surface area contributed by atoms with Gasteiger partial charge in [0.2, 0.25) is 4.80 Å². The maximum Gasteiger partial charge on any atom is 0.294 e. The third kappa shape index (κ3) is 4.28. The van der Waals surface area contributed by atoms with Crippen LogP contribution in [0.4, 0.5) is 17.1 Å². The molecule has 1 amide bonds. The Hall–Kier alpha value is -5.03. The molecule has 0 fully saturated rings. The third-order valence-corrected chi connectivity index (χ3v) is 6.64. The SMILES string of the molecule is O=C1COc2ccc(-c3csc(=Nc4ccccc4[N+](=O)[O-])n3N=Cc3c[nH]c4ccccc34)cc2N1. The van der Waals surface area contributed by atoms with Crippen LogP contribution in [0.3, 0.4) is 0 Å². The summed E-state index contributed by atoms with van der Waals surface area (Å²) in [5.74, 6) is 0.351. The first-order valence-electron chi connectivity index (χ1n) is 11.2. The number of carbonyl (C=O) groups excluding carboxylic acids is 1. The topological polar surface area (TPSA) is 127 Å². The van der Waals surface area contributed by atoms with E-state index in [2.05, 4.69) is 15.3 Å². The predicted molar refractivity (Wildman–Crippen MR) is 141 cm³/mol. The highest BCUT2D eigenvalue weighted by molar-refractivity contribution is 7.07. The normalized spacial score (nSPS) is 13.5. The fraction of sp³-hybridized carbons (Fsp3) is 0.0385. The molecule has 3 heterocycles. The molecular weight excluding hydrogens is 492 g/mol. The Morgan fingerprint density at radius 2 is 1.95 bits per heavy atom. The summed E-state index contributed by atoms with van der Waals surface area (Å²) in [5, 5.41) is 22.0. The van der Waals surface area contributed by atoms with Crippen molar-refractivity contribution in [1.29, 1.82) is 0 Å². The minimum Gasteiger partial charge on any atom is -0.482 e. The van der Waals surface area contributed by atoms with Gasteiger partial charge in [0.15, 0.2) is 6.61 Å². The Morgan fingerprint density at radius 3 is 2.84 bits per heavy atom. The van der Waals surface area contributed by atoms with Crippen LogP contribution in [0.25, 0.3) is 22.2 Å². The van der Waals surface area contributed by atoms with Gasteiger partial charge in [-0.15, -0.1) is 11.3 Å². The van der Waals surface area contributed by atoms with Crippen molar-refractivity contribution < 1.29 is 14.5 Å². The monoisotopic (exact) mass is 510 g/mol. The number of carbonyl (C=O) groups is 1. The van der Waals surface area contributed by atoms with Crippen molar-refractivity contribution in [3.05, 3.63) is 98.8 Å². The Morgan fingerprint density at radius 1 is 1.11 bits per heavy atom. The van der Waals surface area contributed by atoms with Gasteiger partial charge < -0.3 is 15.0 Å². The van der Waals surface area contributed by atoms with E-state index in [-0.39, 0.29) is 23.9 Å². The summed E-state index contributed by atoms with van der Waals surface area (Å²) in [5.41, 5.74) is 4.00. The van der Waals surface area contributed by atoms with E-state index in [0.29, 0.717) is 21.9 Å². The summed E-state index contributed by atoms with van der Waals surface area (Å²) in [4.78, 5) is 31.2. The van der Waals surface area contributed by atoms with E-state index in [9.17, 15) is 14.9 Å². The molecule has 10 nitrogen and oxygen atoms in total. The maximum absolute atomic E-state index is 11.8. The van der Waals surface area contributed by atoms with Crippen molar-refractivity contribution in [2.45, 2.75) is 0 Å². The second-order valence-corrected chi connectivity index (χ2v) is 8.99. The summed E-state index contributed by atoms with van der Waals surface area (Å²) in [6.07, 6.45) is 3.59. The summed E-state index contributed by atoms with van der Waals surface area (Å²) < 4.78 is 7.12. The standard InChI is InChI=1S/C26H18N6O4S/c33-25-14-36-24-10-9-16(11-21(24)29-25)23-15-37-26(30-20-7-3-4-8-22(20)32(34)35)31(23)28-13-17-12-27-19-6-2-1-5-18(17)19/h1-13,15,27H,14H2,(H,29,33). The molecule has 0 saturated heterocycles. The molecule has 182 valence electrons. The maximum atomic E-state index is 11.8. The lowest BCUT2D eigenvalue weighted by molar-refractivity contribution is -0.384. The van der Waals surface area contributed by atoms with Gasteiger partial charge in [0.05, 0.1) is 22.5 Å². The molecule has 5 aromatic rings. The molecule has 6 rings (SSSR count). The number of hydrogen-bond acceptors (Lipinski definition) is 7. The average molecular weight is 511 g/mol. The lowest BCUT2D eigenvalue weighted by Gasteiger charge is -2.18. The number of benzene rings is 3. The molecule has 0 aliphatic carbocycles. The van der Waals surface area contributed by atoms with Crippen LogP contribution in [-0.2, 0) is 4.79 Å². The highest BCUT2D eigenvalue weighted by atomic mass is 32.1. The van der Waals surface area contributed by atoms with Gasteiger partial charge in [-0.1, -0.05) is 30.3 Å². The molecule has 0 saturated carbocycles. The van der Waals surface area contributed by atoms with E-state index in [1.54, 1.807) is 41.2 Å². The number of hydrogen-bond donors (Lipinski definition) is 2. The Balaban J connectivity index is 1.51. The Kier molecular flexibility index (Phi) is 5.58. The number of fused-ring (bicyclic) bond motifs is 2. The number of rotatable bonds is 5. The predicted octanol–water partition coefficient (Wildman–Crippen LogP) is 5.05. The number of nitrogens with zero attached hydrogens (tertiary/aromatic N) is 4. The number of H-pyrrole nitrogens is 1. The van der Waals surface area contributed by atoms with E-state index >= 15 is 0 Å². The van der Waals surface area contributed by atoms with Gasteiger partial charge in [-0.05, 0) is 30.3 Å². The van der Waals surface area contributed by atoms with E-state index in [1.807, 2.05) is 41.9 Å². The van der Waals surface area contributed by atoms with Crippen molar-refractivity contribution in [3.63, 3.8) is 0 Å². The molecule has 2 aromatic heterocycles. The van der Waals surface area contributed by atoms with Crippen LogP contribution in [0.5, 0.6) is 5.75 Å². The third-order valence-electron chi connectivity index (χ3n) is 5.82. The van der Waals surface area contributed by atoms with Crippen molar-refractivity contribution in [2.24, 2.45) is 10.1 Å². The zero-order valence-electron chi connectivity index (χ0n) is 19.1. The minimum absolute atomic E-state index is 0.0292. The highest BCUT2D eigenvalue weighted by Gasteiger charge is 2.18. The Bertz CT molecular complexity index is 1780. The molecule has 0 unspecified atom stereocenters. The molecule has 2 N–H and O–H groups in total. The van der Waals surface area contributed by atoms with E-state index in [4.69, 9.17) is 9.84 Å². The zero-order chi connectivity index (χ0) is 25.4. The summed E-state index contributed by atoms with van der Waals surface area (Å²) >= 11 is 1.30. The quantitative estimate of drug-likeness (QED) is 0.195. The van der Waals surface area contributed by atoms with E-state index in [0.717, 1.165) is 22.0 Å². The molecule has 0 radical (unpaired) electrons. The van der Waals surface area contributed by atoms with Crippen LogP contribution in [0, 0.1) is 10.1 Å². The van der Waals surface area contributed by atoms with Crippen molar-refractivity contribution in [1.82, 2.24) is 9.66 Å². The summed E-state index contributed by atoms with van der Waals surface area (Å²) in [7, 11) is 0. The first-order chi connectivity index (χ1) is 18.1. The Labute approximate surface area is 213 Å². The van der Waals surface area contributed by atoms with Gasteiger partial charge in [-0.25, -0.2) is 9.67 Å². The summed E-state index contributed by atoms with van der Waals surface area (Å²) in [6, 6.07) is 19.7.